The number of carbonyl (C=O) groups is 1. The maximum atomic E-state index is 12.1. The van der Waals surface area contributed by atoms with Gasteiger partial charge in [-0.2, -0.15) is 0 Å². The smallest absolute Gasteiger partial charge is 0.228 e. The van der Waals surface area contributed by atoms with Gasteiger partial charge in [0.2, 0.25) is 5.91 Å². The van der Waals surface area contributed by atoms with Gasteiger partial charge in [-0.05, 0) is 18.9 Å². The molecule has 1 rings (SSSR count). The van der Waals surface area contributed by atoms with Crippen molar-refractivity contribution in [2.45, 2.75) is 41.0 Å². The van der Waals surface area contributed by atoms with Crippen molar-refractivity contribution >= 4 is 5.91 Å². The van der Waals surface area contributed by atoms with Crippen LogP contribution in [0.2, 0.25) is 0 Å². The first-order valence-corrected chi connectivity index (χ1v) is 6.82. The molecule has 0 atom stereocenters. The van der Waals surface area contributed by atoms with E-state index in [-0.39, 0.29) is 5.41 Å². The summed E-state index contributed by atoms with van der Waals surface area (Å²) in [6, 6.07) is 0. The van der Waals surface area contributed by atoms with Crippen LogP contribution in [0, 0.1) is 11.3 Å². The van der Waals surface area contributed by atoms with Gasteiger partial charge in [0.15, 0.2) is 0 Å². The van der Waals surface area contributed by atoms with Gasteiger partial charge in [-0.25, -0.2) is 0 Å². The minimum absolute atomic E-state index is 0.236. The molecule has 1 amide bonds. The third-order valence-electron chi connectivity index (χ3n) is 3.32. The van der Waals surface area contributed by atoms with Gasteiger partial charge in [-0.15, -0.1) is 0 Å². The van der Waals surface area contributed by atoms with Gasteiger partial charge in [0.05, 0.1) is 0 Å². The summed E-state index contributed by atoms with van der Waals surface area (Å²) in [5.41, 5.74) is -0.236. The molecule has 1 fully saturated rings. The second-order valence-electron chi connectivity index (χ2n) is 6.57. The van der Waals surface area contributed by atoms with Crippen molar-refractivity contribution in [3.8, 4) is 0 Å². The van der Waals surface area contributed by atoms with E-state index in [0.717, 1.165) is 32.1 Å². The van der Waals surface area contributed by atoms with Crippen LogP contribution in [-0.2, 0) is 4.79 Å². The molecule has 0 aromatic heterocycles. The van der Waals surface area contributed by atoms with Crippen LogP contribution in [0.4, 0.5) is 0 Å². The van der Waals surface area contributed by atoms with Crippen LogP contribution in [0.1, 0.15) is 41.0 Å². The normalized spacial score (nSPS) is 18.8. The molecule has 0 aromatic rings. The minimum atomic E-state index is -0.236. The first kappa shape index (κ1) is 14.5. The van der Waals surface area contributed by atoms with Crippen molar-refractivity contribution in [1.82, 2.24) is 9.80 Å². The third kappa shape index (κ3) is 4.66. The van der Waals surface area contributed by atoms with E-state index in [9.17, 15) is 4.79 Å². The van der Waals surface area contributed by atoms with E-state index < -0.39 is 0 Å². The number of rotatable bonds is 3. The van der Waals surface area contributed by atoms with E-state index in [2.05, 4.69) is 18.7 Å². The number of carbonyl (C=O) groups excluding carboxylic acids is 1. The fourth-order valence-corrected chi connectivity index (χ4v) is 2.09. The molecule has 3 nitrogen and oxygen atoms in total. The summed E-state index contributed by atoms with van der Waals surface area (Å²) in [5, 5.41) is 0. The van der Waals surface area contributed by atoms with E-state index in [1.807, 2.05) is 25.7 Å². The van der Waals surface area contributed by atoms with Crippen LogP contribution in [0.25, 0.3) is 0 Å². The van der Waals surface area contributed by atoms with Crippen molar-refractivity contribution in [2.75, 3.05) is 32.7 Å². The summed E-state index contributed by atoms with van der Waals surface area (Å²) < 4.78 is 0. The molecule has 0 N–H and O–H groups in total. The number of hydrogen-bond donors (Lipinski definition) is 0. The summed E-state index contributed by atoms with van der Waals surface area (Å²) in [6.07, 6.45) is 1.26. The molecule has 1 aliphatic heterocycles. The molecular formula is C14H28N2O. The first-order valence-electron chi connectivity index (χ1n) is 6.82. The summed E-state index contributed by atoms with van der Waals surface area (Å²) in [7, 11) is 0. The van der Waals surface area contributed by atoms with Crippen LogP contribution in [0.15, 0.2) is 0 Å². The van der Waals surface area contributed by atoms with Crippen molar-refractivity contribution < 1.29 is 4.79 Å². The van der Waals surface area contributed by atoms with Crippen LogP contribution < -0.4 is 0 Å². The Bertz CT molecular complexity index is 247. The van der Waals surface area contributed by atoms with Crippen LogP contribution in [0.3, 0.4) is 0 Å². The third-order valence-corrected chi connectivity index (χ3v) is 3.32. The quantitative estimate of drug-likeness (QED) is 0.755. The molecule has 0 spiro atoms. The lowest BCUT2D eigenvalue weighted by Crippen LogP contribution is -2.51. The zero-order valence-corrected chi connectivity index (χ0v) is 12.1. The molecule has 0 aromatic carbocycles. The number of amides is 1. The zero-order chi connectivity index (χ0) is 13.1. The molecule has 17 heavy (non-hydrogen) atoms. The van der Waals surface area contributed by atoms with Gasteiger partial charge < -0.3 is 4.90 Å². The molecule has 0 saturated carbocycles. The van der Waals surface area contributed by atoms with E-state index in [0.29, 0.717) is 5.91 Å². The highest BCUT2D eigenvalue weighted by atomic mass is 16.2. The average Bonchev–Trinajstić information content (AvgIpc) is 2.25. The van der Waals surface area contributed by atoms with Crippen molar-refractivity contribution in [3.05, 3.63) is 0 Å². The summed E-state index contributed by atoms with van der Waals surface area (Å²) in [4.78, 5) is 16.6. The van der Waals surface area contributed by atoms with Crippen molar-refractivity contribution in [2.24, 2.45) is 11.3 Å². The Hall–Kier alpha value is -0.570. The summed E-state index contributed by atoms with van der Waals surface area (Å²) >= 11 is 0. The Morgan fingerprint density at radius 3 is 2.06 bits per heavy atom. The highest BCUT2D eigenvalue weighted by Crippen LogP contribution is 2.18. The van der Waals surface area contributed by atoms with Crippen LogP contribution >= 0.6 is 0 Å². The van der Waals surface area contributed by atoms with Crippen LogP contribution in [-0.4, -0.2) is 48.4 Å². The molecule has 1 heterocycles. The Morgan fingerprint density at radius 2 is 1.65 bits per heavy atom. The highest BCUT2D eigenvalue weighted by Gasteiger charge is 2.29. The van der Waals surface area contributed by atoms with Gasteiger partial charge in [0.1, 0.15) is 0 Å². The minimum Gasteiger partial charge on any atom is -0.340 e. The SMILES string of the molecule is CC(C)CCN1CCN(C(=O)C(C)(C)C)CC1. The standard InChI is InChI=1S/C14H28N2O/c1-12(2)6-7-15-8-10-16(11-9-15)13(17)14(3,4)5/h12H,6-11H2,1-5H3. The molecule has 0 aliphatic carbocycles. The molecule has 100 valence electrons. The lowest BCUT2D eigenvalue weighted by molar-refractivity contribution is -0.141. The lowest BCUT2D eigenvalue weighted by atomic mass is 9.94. The lowest BCUT2D eigenvalue weighted by Gasteiger charge is -2.37. The van der Waals surface area contributed by atoms with E-state index in [4.69, 9.17) is 0 Å². The number of piperazine rings is 1. The maximum Gasteiger partial charge on any atom is 0.228 e. The maximum absolute atomic E-state index is 12.1. The zero-order valence-electron chi connectivity index (χ0n) is 12.1. The summed E-state index contributed by atoms with van der Waals surface area (Å²) in [5.74, 6) is 1.06. The monoisotopic (exact) mass is 240 g/mol. The second-order valence-corrected chi connectivity index (χ2v) is 6.57. The second kappa shape index (κ2) is 5.85. The van der Waals surface area contributed by atoms with E-state index in [1.54, 1.807) is 0 Å². The van der Waals surface area contributed by atoms with E-state index in [1.165, 1.54) is 13.0 Å². The Kier molecular flexibility index (Phi) is 4.99. The van der Waals surface area contributed by atoms with Gasteiger partial charge in [0.25, 0.3) is 0 Å². The molecule has 0 bridgehead atoms. The Morgan fingerprint density at radius 1 is 1.12 bits per heavy atom. The van der Waals surface area contributed by atoms with Crippen molar-refractivity contribution in [1.29, 1.82) is 0 Å². The topological polar surface area (TPSA) is 23.6 Å². The molecular weight excluding hydrogens is 212 g/mol. The van der Waals surface area contributed by atoms with Crippen molar-refractivity contribution in [3.63, 3.8) is 0 Å². The van der Waals surface area contributed by atoms with Gasteiger partial charge in [-0.3, -0.25) is 9.69 Å². The van der Waals surface area contributed by atoms with E-state index >= 15 is 0 Å². The van der Waals surface area contributed by atoms with Gasteiger partial charge in [-0.1, -0.05) is 34.6 Å². The molecule has 0 unspecified atom stereocenters. The Balaban J connectivity index is 2.33. The predicted octanol–water partition coefficient (Wildman–Crippen LogP) is 2.22. The highest BCUT2D eigenvalue weighted by molar-refractivity contribution is 5.81. The van der Waals surface area contributed by atoms with Gasteiger partial charge in [0, 0.05) is 31.6 Å². The largest absolute Gasteiger partial charge is 0.340 e. The molecule has 1 aliphatic rings. The fourth-order valence-electron chi connectivity index (χ4n) is 2.09. The van der Waals surface area contributed by atoms with Crippen LogP contribution in [0.5, 0.6) is 0 Å². The number of hydrogen-bond acceptors (Lipinski definition) is 2. The molecule has 3 heteroatoms. The summed E-state index contributed by atoms with van der Waals surface area (Å²) in [6.45, 7) is 15.6. The predicted molar refractivity (Wildman–Crippen MR) is 71.9 cm³/mol. The Labute approximate surface area is 106 Å². The fraction of sp³-hybridized carbons (Fsp3) is 0.929. The molecule has 0 radical (unpaired) electrons. The average molecular weight is 240 g/mol. The first-order chi connectivity index (χ1) is 7.80. The van der Waals surface area contributed by atoms with Gasteiger partial charge >= 0.3 is 0 Å². The number of nitrogens with zero attached hydrogens (tertiary/aromatic N) is 2. The molecule has 1 saturated heterocycles.